The molecule has 0 aromatic rings. The molecular weight excluding hydrogens is 268 g/mol. The largest absolute Gasteiger partial charge is 0.368 e. The van der Waals surface area contributed by atoms with Crippen LogP contribution >= 0.6 is 0 Å². The molecule has 0 radical (unpaired) electrons. The fourth-order valence-corrected chi connectivity index (χ4v) is 4.01. The minimum absolute atomic E-state index is 0.0559. The van der Waals surface area contributed by atoms with E-state index < -0.39 is 0 Å². The van der Waals surface area contributed by atoms with Crippen molar-refractivity contribution in [2.45, 2.75) is 97.7 Å². The van der Waals surface area contributed by atoms with Crippen LogP contribution in [0.25, 0.3) is 0 Å². The highest BCUT2D eigenvalue weighted by Gasteiger charge is 2.49. The molecule has 3 atom stereocenters. The van der Waals surface area contributed by atoms with Crippen molar-refractivity contribution in [3.05, 3.63) is 23.3 Å². The van der Waals surface area contributed by atoms with E-state index in [2.05, 4.69) is 53.7 Å². The Hall–Kier alpha value is -0.560. The molecule has 22 heavy (non-hydrogen) atoms. The third-order valence-electron chi connectivity index (χ3n) is 6.37. The van der Waals surface area contributed by atoms with Crippen molar-refractivity contribution >= 4 is 0 Å². The average molecular weight is 305 g/mol. The Kier molecular flexibility index (Phi) is 5.59. The van der Waals surface area contributed by atoms with Gasteiger partial charge in [-0.25, -0.2) is 0 Å². The molecule has 2 heterocycles. The fraction of sp³-hybridized carbons (Fsp3) is 0.810. The molecule has 2 aliphatic heterocycles. The summed E-state index contributed by atoms with van der Waals surface area (Å²) in [5, 5.41) is 0. The molecule has 0 saturated carbocycles. The first kappa shape index (κ1) is 17.8. The predicted molar refractivity (Wildman–Crippen MR) is 96.1 cm³/mol. The summed E-state index contributed by atoms with van der Waals surface area (Å²) in [7, 11) is 0. The van der Waals surface area contributed by atoms with Crippen LogP contribution in [0.4, 0.5) is 0 Å². The molecule has 0 aromatic carbocycles. The van der Waals surface area contributed by atoms with Crippen LogP contribution in [-0.4, -0.2) is 11.2 Å². The highest BCUT2D eigenvalue weighted by Crippen LogP contribution is 2.49. The summed E-state index contributed by atoms with van der Waals surface area (Å²) in [6.07, 6.45) is 13.3. The van der Waals surface area contributed by atoms with Crippen LogP contribution in [0.5, 0.6) is 0 Å². The Morgan fingerprint density at radius 3 is 2.45 bits per heavy atom. The van der Waals surface area contributed by atoms with E-state index in [-0.39, 0.29) is 11.2 Å². The molecule has 3 unspecified atom stereocenters. The van der Waals surface area contributed by atoms with Crippen LogP contribution in [0.3, 0.4) is 0 Å². The highest BCUT2D eigenvalue weighted by molar-refractivity contribution is 5.09. The molecule has 2 bridgehead atoms. The number of fused-ring (bicyclic) bond motifs is 2. The predicted octanol–water partition coefficient (Wildman–Crippen LogP) is 6.44. The van der Waals surface area contributed by atoms with Gasteiger partial charge in [0.15, 0.2) is 0 Å². The third-order valence-corrected chi connectivity index (χ3v) is 6.37. The van der Waals surface area contributed by atoms with Crippen LogP contribution in [0.15, 0.2) is 23.3 Å². The van der Waals surface area contributed by atoms with E-state index in [1.807, 2.05) is 0 Å². The Morgan fingerprint density at radius 1 is 1.09 bits per heavy atom. The van der Waals surface area contributed by atoms with Crippen molar-refractivity contribution in [3.63, 3.8) is 0 Å². The second-order valence-electron chi connectivity index (χ2n) is 8.42. The zero-order valence-electron chi connectivity index (χ0n) is 15.7. The van der Waals surface area contributed by atoms with Crippen LogP contribution in [0.1, 0.15) is 86.5 Å². The van der Waals surface area contributed by atoms with E-state index >= 15 is 0 Å². The maximum absolute atomic E-state index is 6.84. The maximum atomic E-state index is 6.84. The topological polar surface area (TPSA) is 9.23 Å². The first-order chi connectivity index (χ1) is 10.3. The Labute approximate surface area is 138 Å². The quantitative estimate of drug-likeness (QED) is 0.506. The molecule has 0 aromatic heterocycles. The summed E-state index contributed by atoms with van der Waals surface area (Å²) in [6.45, 7) is 14.0. The Morgan fingerprint density at radius 2 is 1.77 bits per heavy atom. The summed E-state index contributed by atoms with van der Waals surface area (Å²) in [5.41, 5.74) is 3.19. The van der Waals surface area contributed by atoms with Gasteiger partial charge in [0.1, 0.15) is 0 Å². The van der Waals surface area contributed by atoms with Gasteiger partial charge in [0, 0.05) is 0 Å². The summed E-state index contributed by atoms with van der Waals surface area (Å²) in [5.74, 6) is 1.21. The van der Waals surface area contributed by atoms with Gasteiger partial charge >= 0.3 is 0 Å². The van der Waals surface area contributed by atoms with E-state index in [1.54, 1.807) is 5.57 Å². The molecule has 2 rings (SSSR count). The first-order valence-corrected chi connectivity index (χ1v) is 9.29. The van der Waals surface area contributed by atoms with E-state index in [0.29, 0.717) is 11.8 Å². The molecule has 1 fully saturated rings. The second kappa shape index (κ2) is 6.91. The summed E-state index contributed by atoms with van der Waals surface area (Å²) in [4.78, 5) is 0. The fourth-order valence-electron chi connectivity index (χ4n) is 4.01. The molecule has 126 valence electrons. The Balaban J connectivity index is 2.27. The molecule has 1 heteroatoms. The van der Waals surface area contributed by atoms with Gasteiger partial charge in [-0.3, -0.25) is 0 Å². The van der Waals surface area contributed by atoms with Gasteiger partial charge < -0.3 is 4.74 Å². The number of hydrogen-bond acceptors (Lipinski definition) is 1. The van der Waals surface area contributed by atoms with Gasteiger partial charge in [-0.1, -0.05) is 44.1 Å². The average Bonchev–Trinajstić information content (AvgIpc) is 2.82. The lowest BCUT2D eigenvalue weighted by Gasteiger charge is -2.39. The van der Waals surface area contributed by atoms with Crippen LogP contribution in [0, 0.1) is 11.8 Å². The van der Waals surface area contributed by atoms with E-state index in [1.165, 1.54) is 44.1 Å². The number of allylic oxidation sites excluding steroid dienone is 3. The summed E-state index contributed by atoms with van der Waals surface area (Å²) >= 11 is 0. The van der Waals surface area contributed by atoms with Crippen LogP contribution in [0.2, 0.25) is 0 Å². The van der Waals surface area contributed by atoms with E-state index in [9.17, 15) is 0 Å². The maximum Gasteiger partial charge on any atom is 0.0748 e. The van der Waals surface area contributed by atoms with Crippen LogP contribution in [-0.2, 0) is 4.74 Å². The molecule has 0 amide bonds. The normalized spacial score (nSPS) is 42.6. The molecule has 0 aliphatic carbocycles. The van der Waals surface area contributed by atoms with Gasteiger partial charge in [-0.2, -0.15) is 0 Å². The molecule has 0 spiro atoms. The van der Waals surface area contributed by atoms with Crippen molar-refractivity contribution in [3.8, 4) is 0 Å². The van der Waals surface area contributed by atoms with Crippen molar-refractivity contribution in [2.24, 2.45) is 11.8 Å². The van der Waals surface area contributed by atoms with Gasteiger partial charge in [0.2, 0.25) is 0 Å². The smallest absolute Gasteiger partial charge is 0.0748 e. The Bertz CT molecular complexity index is 445. The molecule has 0 N–H and O–H groups in total. The molecule has 2 aliphatic rings. The van der Waals surface area contributed by atoms with E-state index in [0.717, 1.165) is 6.42 Å². The zero-order valence-corrected chi connectivity index (χ0v) is 15.7. The first-order valence-electron chi connectivity index (χ1n) is 9.29. The van der Waals surface area contributed by atoms with Crippen molar-refractivity contribution in [1.82, 2.24) is 0 Å². The van der Waals surface area contributed by atoms with Crippen LogP contribution < -0.4 is 0 Å². The van der Waals surface area contributed by atoms with Crippen molar-refractivity contribution in [2.75, 3.05) is 0 Å². The summed E-state index contributed by atoms with van der Waals surface area (Å²) < 4.78 is 6.84. The number of hydrogen-bond donors (Lipinski definition) is 0. The van der Waals surface area contributed by atoms with Gasteiger partial charge in [0.05, 0.1) is 11.2 Å². The molecule has 1 nitrogen and oxygen atoms in total. The zero-order chi connectivity index (χ0) is 16.4. The number of ether oxygens (including phenoxy) is 1. The molecule has 1 saturated heterocycles. The van der Waals surface area contributed by atoms with Gasteiger partial charge in [0.25, 0.3) is 0 Å². The van der Waals surface area contributed by atoms with Gasteiger partial charge in [-0.05, 0) is 77.6 Å². The standard InChI is InChI=1S/C21H36O/c1-16(2)21-13-12-18(4)9-7-8-17(3)10-11-19(5)20(6,22-21)14-15-21/h8,12,16,19H,7,9-11,13-15H2,1-6H3/b17-8+,18-12+. The third kappa shape index (κ3) is 3.85. The second-order valence-corrected chi connectivity index (χ2v) is 8.42. The lowest BCUT2D eigenvalue weighted by Crippen LogP contribution is -2.41. The lowest BCUT2D eigenvalue weighted by atomic mass is 9.81. The SMILES string of the molecule is C/C1=C\CC2(C(C)C)CCC(C)(O2)C(C)CC/C(C)=C/CC1. The van der Waals surface area contributed by atoms with Crippen molar-refractivity contribution in [1.29, 1.82) is 0 Å². The lowest BCUT2D eigenvalue weighted by molar-refractivity contribution is -0.139. The highest BCUT2D eigenvalue weighted by atomic mass is 16.5. The summed E-state index contributed by atoms with van der Waals surface area (Å²) in [6, 6.07) is 0. The number of rotatable bonds is 1. The van der Waals surface area contributed by atoms with E-state index in [4.69, 9.17) is 4.74 Å². The minimum atomic E-state index is 0.0559. The van der Waals surface area contributed by atoms with Crippen molar-refractivity contribution < 1.29 is 4.74 Å². The minimum Gasteiger partial charge on any atom is -0.368 e. The van der Waals surface area contributed by atoms with Gasteiger partial charge in [-0.15, -0.1) is 0 Å². The monoisotopic (exact) mass is 304 g/mol. The molecular formula is C21H36O.